The van der Waals surface area contributed by atoms with Crippen LogP contribution in [0.3, 0.4) is 0 Å². The van der Waals surface area contributed by atoms with Crippen molar-refractivity contribution in [3.63, 3.8) is 0 Å². The average molecular weight is 513 g/mol. The summed E-state index contributed by atoms with van der Waals surface area (Å²) in [5.74, 6) is -0.0297. The SMILES string of the molecule is C=C(C)c1ccc(C(C)(C)NC(=O)OCC(CCl)OC(=O)NC(C)(C)c2cccc(C(=C)C)c2)cc1. The Morgan fingerprint density at radius 2 is 1.42 bits per heavy atom. The lowest BCUT2D eigenvalue weighted by Crippen LogP contribution is -2.44. The van der Waals surface area contributed by atoms with Crippen molar-refractivity contribution in [3.8, 4) is 0 Å². The Balaban J connectivity index is 1.92. The van der Waals surface area contributed by atoms with Crippen LogP contribution in [0.25, 0.3) is 11.1 Å². The van der Waals surface area contributed by atoms with E-state index in [1.807, 2.05) is 90.1 Å². The molecule has 0 spiro atoms. The lowest BCUT2D eigenvalue weighted by Gasteiger charge is -2.29. The molecule has 0 aromatic heterocycles. The fraction of sp³-hybridized carbons (Fsp3) is 0.379. The van der Waals surface area contributed by atoms with E-state index < -0.39 is 29.4 Å². The van der Waals surface area contributed by atoms with Gasteiger partial charge in [-0.15, -0.1) is 11.6 Å². The lowest BCUT2D eigenvalue weighted by atomic mass is 9.92. The predicted molar refractivity (Wildman–Crippen MR) is 147 cm³/mol. The highest BCUT2D eigenvalue weighted by molar-refractivity contribution is 6.18. The lowest BCUT2D eigenvalue weighted by molar-refractivity contribution is 0.0483. The van der Waals surface area contributed by atoms with Crippen molar-refractivity contribution >= 4 is 34.9 Å². The zero-order chi connectivity index (χ0) is 27.1. The van der Waals surface area contributed by atoms with E-state index in [4.69, 9.17) is 21.1 Å². The maximum absolute atomic E-state index is 12.6. The normalized spacial score (nSPS) is 12.3. The standard InChI is InChI=1S/C29H37ClN2O4/c1-19(2)21-12-14-23(15-13-21)28(5,6)31-26(33)35-18-25(17-30)36-27(34)32-29(7,8)24-11-9-10-22(16-24)20(3)4/h9-16,25H,1,3,17-18H2,2,4-8H3,(H,31,33)(H,32,34). The van der Waals surface area contributed by atoms with Crippen LogP contribution in [0, 0.1) is 0 Å². The summed E-state index contributed by atoms with van der Waals surface area (Å²) in [6.45, 7) is 19.1. The van der Waals surface area contributed by atoms with Crippen LogP contribution in [0.15, 0.2) is 61.7 Å². The smallest absolute Gasteiger partial charge is 0.408 e. The highest BCUT2D eigenvalue weighted by Gasteiger charge is 2.27. The van der Waals surface area contributed by atoms with Gasteiger partial charge in [-0.3, -0.25) is 0 Å². The molecule has 6 nitrogen and oxygen atoms in total. The number of halogens is 1. The molecule has 2 aromatic carbocycles. The van der Waals surface area contributed by atoms with Crippen molar-refractivity contribution < 1.29 is 19.1 Å². The van der Waals surface area contributed by atoms with Gasteiger partial charge in [0.25, 0.3) is 0 Å². The molecule has 0 aliphatic carbocycles. The van der Waals surface area contributed by atoms with Crippen LogP contribution < -0.4 is 10.6 Å². The van der Waals surface area contributed by atoms with Crippen LogP contribution in [-0.2, 0) is 20.6 Å². The first kappa shape index (κ1) is 29.0. The molecule has 0 radical (unpaired) electrons. The van der Waals surface area contributed by atoms with Crippen molar-refractivity contribution in [2.75, 3.05) is 12.5 Å². The molecule has 0 fully saturated rings. The molecule has 0 aliphatic heterocycles. The zero-order valence-electron chi connectivity index (χ0n) is 22.0. The number of rotatable bonds is 10. The number of benzene rings is 2. The number of amides is 2. The van der Waals surface area contributed by atoms with Crippen molar-refractivity contribution in [1.82, 2.24) is 10.6 Å². The molecule has 0 bridgehead atoms. The summed E-state index contributed by atoms with van der Waals surface area (Å²) in [5, 5.41) is 5.69. The summed E-state index contributed by atoms with van der Waals surface area (Å²) < 4.78 is 10.7. The molecule has 0 aliphatic rings. The van der Waals surface area contributed by atoms with Crippen molar-refractivity contribution in [2.24, 2.45) is 0 Å². The van der Waals surface area contributed by atoms with Crippen LogP contribution in [0.4, 0.5) is 9.59 Å². The minimum absolute atomic E-state index is 0.0297. The number of ether oxygens (including phenoxy) is 2. The number of hydrogen-bond acceptors (Lipinski definition) is 4. The summed E-state index contributed by atoms with van der Waals surface area (Å²) in [5.41, 5.74) is 4.34. The number of allylic oxidation sites excluding steroid dienone is 2. The fourth-order valence-corrected chi connectivity index (χ4v) is 3.65. The van der Waals surface area contributed by atoms with E-state index in [9.17, 15) is 9.59 Å². The Morgan fingerprint density at radius 1 is 0.861 bits per heavy atom. The van der Waals surface area contributed by atoms with Crippen molar-refractivity contribution in [2.45, 2.75) is 58.7 Å². The van der Waals surface area contributed by atoms with Crippen molar-refractivity contribution in [3.05, 3.63) is 83.9 Å². The molecule has 2 amide bonds. The molecule has 194 valence electrons. The summed E-state index contributed by atoms with van der Waals surface area (Å²) in [7, 11) is 0. The molecule has 0 saturated carbocycles. The third kappa shape index (κ3) is 8.16. The molecule has 1 atom stereocenters. The van der Waals surface area contributed by atoms with Crippen LogP contribution in [-0.4, -0.2) is 30.8 Å². The van der Waals surface area contributed by atoms with E-state index in [0.29, 0.717) is 0 Å². The van der Waals surface area contributed by atoms with Crippen LogP contribution in [0.1, 0.15) is 63.8 Å². The zero-order valence-corrected chi connectivity index (χ0v) is 22.8. The number of alkyl carbamates (subject to hydrolysis) is 2. The summed E-state index contributed by atoms with van der Waals surface area (Å²) >= 11 is 5.97. The highest BCUT2D eigenvalue weighted by Crippen LogP contribution is 2.24. The van der Waals surface area contributed by atoms with Crippen LogP contribution in [0.2, 0.25) is 0 Å². The second-order valence-electron chi connectivity index (χ2n) is 10.00. The maximum atomic E-state index is 12.6. The van der Waals surface area contributed by atoms with Crippen LogP contribution >= 0.6 is 11.6 Å². The number of hydrogen-bond donors (Lipinski definition) is 2. The van der Waals surface area contributed by atoms with Gasteiger partial charge in [-0.05, 0) is 69.9 Å². The van der Waals surface area contributed by atoms with E-state index in [1.165, 1.54) is 0 Å². The second-order valence-corrected chi connectivity index (χ2v) is 10.3. The number of carbonyl (C=O) groups excluding carboxylic acids is 2. The molecule has 0 heterocycles. The Morgan fingerprint density at radius 3 is 1.97 bits per heavy atom. The molecule has 36 heavy (non-hydrogen) atoms. The molecular formula is C29H37ClN2O4. The Hall–Kier alpha value is -3.25. The molecule has 2 aromatic rings. The van der Waals surface area contributed by atoms with Gasteiger partial charge in [0, 0.05) is 0 Å². The minimum atomic E-state index is -0.812. The molecule has 7 heteroatoms. The molecule has 1 unspecified atom stereocenters. The first-order valence-corrected chi connectivity index (χ1v) is 12.3. The number of carbonyl (C=O) groups is 2. The average Bonchev–Trinajstić information content (AvgIpc) is 2.81. The van der Waals surface area contributed by atoms with Gasteiger partial charge in [0.2, 0.25) is 0 Å². The van der Waals surface area contributed by atoms with Gasteiger partial charge in [-0.1, -0.05) is 66.8 Å². The predicted octanol–water partition coefficient (Wildman–Crippen LogP) is 6.98. The maximum Gasteiger partial charge on any atom is 0.408 e. The summed E-state index contributed by atoms with van der Waals surface area (Å²) in [4.78, 5) is 25.0. The van der Waals surface area contributed by atoms with Crippen LogP contribution in [0.5, 0.6) is 0 Å². The molecular weight excluding hydrogens is 476 g/mol. The Bertz CT molecular complexity index is 1110. The summed E-state index contributed by atoms with van der Waals surface area (Å²) in [6.07, 6.45) is -2.11. The van der Waals surface area contributed by atoms with E-state index in [1.54, 1.807) is 0 Å². The summed E-state index contributed by atoms with van der Waals surface area (Å²) in [6, 6.07) is 15.6. The fourth-order valence-electron chi connectivity index (χ4n) is 3.50. The van der Waals surface area contributed by atoms with Gasteiger partial charge in [0.05, 0.1) is 17.0 Å². The molecule has 2 rings (SSSR count). The van der Waals surface area contributed by atoms with E-state index >= 15 is 0 Å². The van der Waals surface area contributed by atoms with Gasteiger partial charge in [0.15, 0.2) is 6.10 Å². The second kappa shape index (κ2) is 12.1. The third-order valence-electron chi connectivity index (χ3n) is 5.85. The Kier molecular flexibility index (Phi) is 9.77. The van der Waals surface area contributed by atoms with E-state index in [2.05, 4.69) is 23.8 Å². The quantitative estimate of drug-likeness (QED) is 0.336. The number of nitrogens with one attached hydrogen (secondary N) is 2. The molecule has 0 saturated heterocycles. The van der Waals surface area contributed by atoms with E-state index in [-0.39, 0.29) is 12.5 Å². The van der Waals surface area contributed by atoms with Gasteiger partial charge >= 0.3 is 12.2 Å². The first-order valence-electron chi connectivity index (χ1n) is 11.8. The monoisotopic (exact) mass is 512 g/mol. The van der Waals surface area contributed by atoms with Crippen molar-refractivity contribution in [1.29, 1.82) is 0 Å². The third-order valence-corrected chi connectivity index (χ3v) is 6.20. The van der Waals surface area contributed by atoms with E-state index in [0.717, 1.165) is 33.4 Å². The minimum Gasteiger partial charge on any atom is -0.446 e. The number of alkyl halides is 1. The first-order chi connectivity index (χ1) is 16.7. The highest BCUT2D eigenvalue weighted by atomic mass is 35.5. The Labute approximate surface area is 219 Å². The van der Waals surface area contributed by atoms with Gasteiger partial charge in [0.1, 0.15) is 6.61 Å². The largest absolute Gasteiger partial charge is 0.446 e. The topological polar surface area (TPSA) is 76.7 Å². The molecule has 2 N–H and O–H groups in total. The van der Waals surface area contributed by atoms with Gasteiger partial charge in [-0.25, -0.2) is 9.59 Å². The van der Waals surface area contributed by atoms with Gasteiger partial charge in [-0.2, -0.15) is 0 Å². The van der Waals surface area contributed by atoms with Gasteiger partial charge < -0.3 is 20.1 Å².